The minimum atomic E-state index is -0.00459. The number of aryl methyl sites for hydroxylation is 1. The fraction of sp³-hybridized carbons (Fsp3) is 0.154. The Morgan fingerprint density at radius 1 is 0.970 bits per heavy atom. The molecule has 0 aliphatic carbocycles. The van der Waals surface area contributed by atoms with Gasteiger partial charge in [0.25, 0.3) is 5.91 Å². The zero-order chi connectivity index (χ0) is 22.9. The zero-order valence-corrected chi connectivity index (χ0v) is 20.7. The summed E-state index contributed by atoms with van der Waals surface area (Å²) in [7, 11) is 1.98. The molecule has 0 unspecified atom stereocenters. The Morgan fingerprint density at radius 2 is 1.73 bits per heavy atom. The number of aliphatic imine (C=N–C) groups is 1. The number of amides is 1. The number of anilines is 1. The molecule has 2 heterocycles. The van der Waals surface area contributed by atoms with E-state index in [2.05, 4.69) is 24.0 Å². The van der Waals surface area contributed by atoms with Gasteiger partial charge in [-0.25, -0.2) is 4.99 Å². The first-order valence-electron chi connectivity index (χ1n) is 10.6. The third-order valence-electron chi connectivity index (χ3n) is 5.58. The normalized spacial score (nSPS) is 19.0. The molecular formula is C26H22ClN3OS2. The molecule has 1 fully saturated rings. The van der Waals surface area contributed by atoms with E-state index >= 15 is 0 Å². The Labute approximate surface area is 207 Å². The second kappa shape index (κ2) is 9.29. The molecule has 4 nitrogen and oxygen atoms in total. The molecule has 0 bridgehead atoms. The van der Waals surface area contributed by atoms with Gasteiger partial charge in [-0.15, -0.1) is 0 Å². The van der Waals surface area contributed by atoms with Crippen LogP contribution in [0.3, 0.4) is 0 Å². The molecule has 2 aliphatic rings. The van der Waals surface area contributed by atoms with E-state index in [-0.39, 0.29) is 5.91 Å². The quantitative estimate of drug-likeness (QED) is 0.373. The number of nitrogens with zero attached hydrogens (tertiary/aromatic N) is 3. The van der Waals surface area contributed by atoms with Gasteiger partial charge in [-0.3, -0.25) is 9.69 Å². The Kier molecular flexibility index (Phi) is 6.23. The molecule has 166 valence electrons. The Morgan fingerprint density at radius 3 is 2.48 bits per heavy atom. The summed E-state index contributed by atoms with van der Waals surface area (Å²) in [5, 5.41) is 2.32. The van der Waals surface area contributed by atoms with Gasteiger partial charge in [-0.1, -0.05) is 71.4 Å². The molecule has 0 spiro atoms. The van der Waals surface area contributed by atoms with Gasteiger partial charge in [-0.2, -0.15) is 0 Å². The molecule has 2 aliphatic heterocycles. The van der Waals surface area contributed by atoms with E-state index in [0.717, 1.165) is 27.7 Å². The maximum Gasteiger partial charge on any atom is 0.269 e. The zero-order valence-electron chi connectivity index (χ0n) is 18.3. The molecule has 0 aromatic heterocycles. The fourth-order valence-electron chi connectivity index (χ4n) is 3.75. The molecule has 0 saturated carbocycles. The standard InChI is InChI=1S/C26H22ClN3OS2/c1-17-8-11-20(12-9-17)28-26-30(15-14-18-6-4-3-5-7-18)24(31)23(33-26)25-29(2)21-16-19(27)10-13-22(21)32-25/h3-13,16H,14-15H2,1-2H3. The summed E-state index contributed by atoms with van der Waals surface area (Å²) in [5.41, 5.74) is 4.23. The highest BCUT2D eigenvalue weighted by Crippen LogP contribution is 2.50. The monoisotopic (exact) mass is 491 g/mol. The maximum absolute atomic E-state index is 13.6. The van der Waals surface area contributed by atoms with Crippen molar-refractivity contribution in [2.75, 3.05) is 18.5 Å². The molecule has 33 heavy (non-hydrogen) atoms. The molecule has 0 N–H and O–H groups in total. The molecule has 1 saturated heterocycles. The summed E-state index contributed by atoms with van der Waals surface area (Å²) in [6.07, 6.45) is 0.765. The van der Waals surface area contributed by atoms with Crippen molar-refractivity contribution >= 4 is 57.6 Å². The first-order chi connectivity index (χ1) is 16.0. The van der Waals surface area contributed by atoms with Crippen LogP contribution in [0, 0.1) is 6.92 Å². The number of fused-ring (bicyclic) bond motifs is 1. The van der Waals surface area contributed by atoms with Gasteiger partial charge in [0.2, 0.25) is 0 Å². The van der Waals surface area contributed by atoms with Gasteiger partial charge in [0.1, 0.15) is 4.91 Å². The van der Waals surface area contributed by atoms with Gasteiger partial charge >= 0.3 is 0 Å². The smallest absolute Gasteiger partial charge is 0.269 e. The Bertz CT molecular complexity index is 1270. The van der Waals surface area contributed by atoms with Crippen LogP contribution in [-0.4, -0.2) is 29.6 Å². The highest BCUT2D eigenvalue weighted by Gasteiger charge is 2.39. The summed E-state index contributed by atoms with van der Waals surface area (Å²) in [6.45, 7) is 2.63. The fourth-order valence-corrected chi connectivity index (χ4v) is 6.27. The van der Waals surface area contributed by atoms with Crippen LogP contribution in [0.15, 0.2) is 92.6 Å². The van der Waals surface area contributed by atoms with Crippen molar-refractivity contribution in [2.45, 2.75) is 18.2 Å². The number of carbonyl (C=O) groups is 1. The largest absolute Gasteiger partial charge is 0.337 e. The molecule has 0 radical (unpaired) electrons. The molecule has 5 rings (SSSR count). The summed E-state index contributed by atoms with van der Waals surface area (Å²) in [6, 6.07) is 24.1. The van der Waals surface area contributed by atoms with Crippen molar-refractivity contribution in [3.63, 3.8) is 0 Å². The lowest BCUT2D eigenvalue weighted by Crippen LogP contribution is -2.31. The van der Waals surface area contributed by atoms with E-state index in [1.54, 1.807) is 11.8 Å². The van der Waals surface area contributed by atoms with Gasteiger partial charge in [0, 0.05) is 23.5 Å². The van der Waals surface area contributed by atoms with Gasteiger partial charge in [-0.05, 0) is 61.0 Å². The molecule has 0 atom stereocenters. The van der Waals surface area contributed by atoms with Crippen LogP contribution in [0.25, 0.3) is 0 Å². The second-order valence-corrected chi connectivity index (χ2v) is 10.4. The third kappa shape index (κ3) is 4.56. The number of rotatable bonds is 4. The highest BCUT2D eigenvalue weighted by atomic mass is 35.5. The van der Waals surface area contributed by atoms with E-state index < -0.39 is 0 Å². The van der Waals surface area contributed by atoms with Crippen LogP contribution in [-0.2, 0) is 11.2 Å². The lowest BCUT2D eigenvalue weighted by molar-refractivity contribution is -0.122. The van der Waals surface area contributed by atoms with E-state index in [4.69, 9.17) is 16.6 Å². The number of carbonyl (C=O) groups excluding carboxylic acids is 1. The predicted octanol–water partition coefficient (Wildman–Crippen LogP) is 6.87. The maximum atomic E-state index is 13.6. The number of hydrogen-bond donors (Lipinski definition) is 0. The predicted molar refractivity (Wildman–Crippen MR) is 140 cm³/mol. The minimum Gasteiger partial charge on any atom is -0.337 e. The molecule has 3 aromatic rings. The third-order valence-corrected chi connectivity index (χ3v) is 8.24. The topological polar surface area (TPSA) is 35.9 Å². The van der Waals surface area contributed by atoms with Gasteiger partial charge in [0.05, 0.1) is 16.4 Å². The summed E-state index contributed by atoms with van der Waals surface area (Å²) < 4.78 is 0. The number of amidine groups is 1. The van der Waals surface area contributed by atoms with Gasteiger partial charge < -0.3 is 4.90 Å². The van der Waals surface area contributed by atoms with E-state index in [1.165, 1.54) is 22.9 Å². The van der Waals surface area contributed by atoms with E-state index in [1.807, 2.05) is 72.6 Å². The SMILES string of the molecule is Cc1ccc(N=C2SC(=C3Sc4ccc(Cl)cc4N3C)C(=O)N2CCc2ccccc2)cc1. The number of halogens is 1. The summed E-state index contributed by atoms with van der Waals surface area (Å²) in [5.74, 6) is -0.00459. The molecule has 1 amide bonds. The van der Waals surface area contributed by atoms with Crippen LogP contribution in [0.5, 0.6) is 0 Å². The van der Waals surface area contributed by atoms with Crippen molar-refractivity contribution in [1.82, 2.24) is 4.90 Å². The average Bonchev–Trinajstić information content (AvgIpc) is 3.30. The molecule has 7 heteroatoms. The first-order valence-corrected chi connectivity index (χ1v) is 12.6. The summed E-state index contributed by atoms with van der Waals surface area (Å²) in [4.78, 5) is 24.1. The van der Waals surface area contributed by atoms with Crippen molar-refractivity contribution in [3.05, 3.63) is 98.9 Å². The van der Waals surface area contributed by atoms with Gasteiger partial charge in [0.15, 0.2) is 5.17 Å². The average molecular weight is 492 g/mol. The van der Waals surface area contributed by atoms with E-state index in [9.17, 15) is 4.79 Å². The first kappa shape index (κ1) is 22.1. The number of hydrogen-bond acceptors (Lipinski definition) is 5. The van der Waals surface area contributed by atoms with Crippen LogP contribution in [0.1, 0.15) is 11.1 Å². The van der Waals surface area contributed by atoms with Crippen molar-refractivity contribution in [1.29, 1.82) is 0 Å². The van der Waals surface area contributed by atoms with Crippen LogP contribution in [0.4, 0.5) is 11.4 Å². The lowest BCUT2D eigenvalue weighted by Gasteiger charge is -2.17. The summed E-state index contributed by atoms with van der Waals surface area (Å²) >= 11 is 9.27. The van der Waals surface area contributed by atoms with Crippen LogP contribution in [0.2, 0.25) is 5.02 Å². The Hall–Kier alpha value is -2.67. The number of thioether (sulfide) groups is 2. The lowest BCUT2D eigenvalue weighted by atomic mass is 10.1. The van der Waals surface area contributed by atoms with E-state index in [0.29, 0.717) is 21.6 Å². The van der Waals surface area contributed by atoms with Crippen molar-refractivity contribution < 1.29 is 4.79 Å². The molecular weight excluding hydrogens is 470 g/mol. The van der Waals surface area contributed by atoms with Crippen molar-refractivity contribution in [3.8, 4) is 0 Å². The van der Waals surface area contributed by atoms with Crippen molar-refractivity contribution in [2.24, 2.45) is 4.99 Å². The minimum absolute atomic E-state index is 0.00459. The number of benzene rings is 3. The van der Waals surface area contributed by atoms with Crippen LogP contribution < -0.4 is 4.90 Å². The second-order valence-electron chi connectivity index (χ2n) is 7.93. The highest BCUT2D eigenvalue weighted by molar-refractivity contribution is 8.19. The van der Waals surface area contributed by atoms with Crippen LogP contribution >= 0.6 is 35.1 Å². The molecule has 3 aromatic carbocycles. The Balaban J connectivity index is 1.50.